The van der Waals surface area contributed by atoms with Gasteiger partial charge in [0.25, 0.3) is 5.91 Å². The van der Waals surface area contributed by atoms with Gasteiger partial charge in [0.05, 0.1) is 19.0 Å². The van der Waals surface area contributed by atoms with Crippen molar-refractivity contribution >= 4 is 23.3 Å². The van der Waals surface area contributed by atoms with Crippen molar-refractivity contribution in [3.05, 3.63) is 48.2 Å². The number of nitrogens with zero attached hydrogens (tertiary/aromatic N) is 1. The normalized spacial score (nSPS) is 9.76. The minimum absolute atomic E-state index is 0.324. The number of hydrogen-bond donors (Lipinski definition) is 3. The number of nitrogens with one attached hydrogen (secondary N) is 2. The van der Waals surface area contributed by atoms with Crippen LogP contribution in [0.25, 0.3) is 0 Å². The molecule has 0 atom stereocenters. The quantitative estimate of drug-likeness (QED) is 0.797. The number of hydrogen-bond acceptors (Lipinski definition) is 4. The van der Waals surface area contributed by atoms with Gasteiger partial charge in [0.15, 0.2) is 0 Å². The van der Waals surface area contributed by atoms with E-state index >= 15 is 0 Å². The average molecular weight is 286 g/mol. The van der Waals surface area contributed by atoms with Crippen LogP contribution in [0, 0.1) is 0 Å². The first-order valence-corrected chi connectivity index (χ1v) is 6.06. The van der Waals surface area contributed by atoms with E-state index in [1.165, 1.54) is 19.4 Å². The number of nitrogens with two attached hydrogens (primary N) is 1. The second-order valence-electron chi connectivity index (χ2n) is 4.11. The van der Waals surface area contributed by atoms with Crippen LogP contribution in [0.2, 0.25) is 0 Å². The molecular formula is C14H14N4O3. The molecule has 1 aromatic heterocycles. The lowest BCUT2D eigenvalue weighted by atomic mass is 10.2. The van der Waals surface area contributed by atoms with Crippen molar-refractivity contribution in [1.82, 2.24) is 4.98 Å². The van der Waals surface area contributed by atoms with Crippen molar-refractivity contribution in [1.29, 1.82) is 0 Å². The molecular weight excluding hydrogens is 272 g/mol. The Morgan fingerprint density at radius 2 is 1.95 bits per heavy atom. The Labute approximate surface area is 121 Å². The fraction of sp³-hybridized carbons (Fsp3) is 0.0714. The molecule has 7 heteroatoms. The number of rotatable bonds is 4. The molecule has 1 aromatic carbocycles. The van der Waals surface area contributed by atoms with Gasteiger partial charge in [-0.1, -0.05) is 6.07 Å². The molecule has 0 fully saturated rings. The van der Waals surface area contributed by atoms with Gasteiger partial charge in [-0.2, -0.15) is 0 Å². The Hall–Kier alpha value is -3.09. The van der Waals surface area contributed by atoms with Crippen molar-refractivity contribution in [2.45, 2.75) is 0 Å². The fourth-order valence-electron chi connectivity index (χ4n) is 1.66. The third-order valence-electron chi connectivity index (χ3n) is 2.60. The van der Waals surface area contributed by atoms with E-state index in [1.807, 2.05) is 0 Å². The van der Waals surface area contributed by atoms with E-state index < -0.39 is 6.03 Å². The van der Waals surface area contributed by atoms with Gasteiger partial charge >= 0.3 is 6.03 Å². The van der Waals surface area contributed by atoms with Gasteiger partial charge in [-0.15, -0.1) is 0 Å². The number of anilines is 2. The first kappa shape index (κ1) is 14.3. The van der Waals surface area contributed by atoms with Crippen LogP contribution in [-0.4, -0.2) is 24.0 Å². The topological polar surface area (TPSA) is 106 Å². The molecule has 0 aliphatic rings. The van der Waals surface area contributed by atoms with Crippen molar-refractivity contribution in [3.63, 3.8) is 0 Å². The molecule has 0 spiro atoms. The summed E-state index contributed by atoms with van der Waals surface area (Å²) in [5, 5.41) is 5.10. The Morgan fingerprint density at radius 3 is 2.57 bits per heavy atom. The van der Waals surface area contributed by atoms with Crippen molar-refractivity contribution in [2.24, 2.45) is 5.73 Å². The third kappa shape index (κ3) is 3.93. The molecule has 3 amide bonds. The Morgan fingerprint density at radius 1 is 1.14 bits per heavy atom. The number of methoxy groups -OCH3 is 1. The van der Waals surface area contributed by atoms with E-state index in [9.17, 15) is 9.59 Å². The summed E-state index contributed by atoms with van der Waals surface area (Å²) in [6.07, 6.45) is 1.49. The SMILES string of the molecule is COc1ccc(NC(=O)c2cccc(NC(N)=O)c2)cn1. The third-order valence-corrected chi connectivity index (χ3v) is 2.60. The molecule has 0 saturated carbocycles. The Kier molecular flexibility index (Phi) is 4.35. The van der Waals surface area contributed by atoms with Gasteiger partial charge < -0.3 is 21.1 Å². The first-order chi connectivity index (χ1) is 10.1. The number of urea groups is 1. The van der Waals surface area contributed by atoms with E-state index in [2.05, 4.69) is 15.6 Å². The van der Waals surface area contributed by atoms with E-state index in [4.69, 9.17) is 10.5 Å². The van der Waals surface area contributed by atoms with Crippen LogP contribution in [0.15, 0.2) is 42.6 Å². The van der Waals surface area contributed by atoms with Crippen LogP contribution in [0.1, 0.15) is 10.4 Å². The van der Waals surface area contributed by atoms with Crippen molar-refractivity contribution in [3.8, 4) is 5.88 Å². The zero-order chi connectivity index (χ0) is 15.2. The summed E-state index contributed by atoms with van der Waals surface area (Å²) in [5.74, 6) is 0.135. The van der Waals surface area contributed by atoms with Gasteiger partial charge in [-0.3, -0.25) is 4.79 Å². The highest BCUT2D eigenvalue weighted by molar-refractivity contribution is 6.05. The summed E-state index contributed by atoms with van der Waals surface area (Å²) in [4.78, 5) is 26.9. The molecule has 0 bridgehead atoms. The summed E-state index contributed by atoms with van der Waals surface area (Å²) in [6.45, 7) is 0. The predicted molar refractivity (Wildman–Crippen MR) is 78.4 cm³/mol. The number of amides is 3. The van der Waals surface area contributed by atoms with Crippen molar-refractivity contribution in [2.75, 3.05) is 17.7 Å². The number of aromatic nitrogens is 1. The number of primary amides is 1. The van der Waals surface area contributed by atoms with Gasteiger partial charge in [-0.25, -0.2) is 9.78 Å². The highest BCUT2D eigenvalue weighted by Gasteiger charge is 2.08. The second kappa shape index (κ2) is 6.38. The molecule has 21 heavy (non-hydrogen) atoms. The van der Waals surface area contributed by atoms with Crippen LogP contribution in [0.5, 0.6) is 5.88 Å². The lowest BCUT2D eigenvalue weighted by Crippen LogP contribution is -2.19. The Bertz CT molecular complexity index is 656. The minimum atomic E-state index is -0.688. The average Bonchev–Trinajstić information content (AvgIpc) is 2.47. The minimum Gasteiger partial charge on any atom is -0.481 e. The lowest BCUT2D eigenvalue weighted by molar-refractivity contribution is 0.102. The van der Waals surface area contributed by atoms with E-state index in [1.54, 1.807) is 30.3 Å². The smallest absolute Gasteiger partial charge is 0.316 e. The van der Waals surface area contributed by atoms with Crippen LogP contribution in [-0.2, 0) is 0 Å². The van der Waals surface area contributed by atoms with Gasteiger partial charge in [0.1, 0.15) is 0 Å². The molecule has 2 aromatic rings. The van der Waals surface area contributed by atoms with Crippen LogP contribution >= 0.6 is 0 Å². The highest BCUT2D eigenvalue weighted by atomic mass is 16.5. The maximum Gasteiger partial charge on any atom is 0.316 e. The van der Waals surface area contributed by atoms with Crippen molar-refractivity contribution < 1.29 is 14.3 Å². The monoisotopic (exact) mass is 286 g/mol. The summed E-state index contributed by atoms with van der Waals surface area (Å²) < 4.78 is 4.94. The largest absolute Gasteiger partial charge is 0.481 e. The number of pyridine rings is 1. The molecule has 1 heterocycles. The van der Waals surface area contributed by atoms with Gasteiger partial charge in [0.2, 0.25) is 5.88 Å². The van der Waals surface area contributed by atoms with E-state index in [-0.39, 0.29) is 5.91 Å². The molecule has 7 nitrogen and oxygen atoms in total. The van der Waals surface area contributed by atoms with Crippen LogP contribution in [0.3, 0.4) is 0 Å². The maximum absolute atomic E-state index is 12.1. The van der Waals surface area contributed by atoms with Crippen LogP contribution in [0.4, 0.5) is 16.2 Å². The first-order valence-electron chi connectivity index (χ1n) is 6.06. The molecule has 2 rings (SSSR count). The zero-order valence-corrected chi connectivity index (χ0v) is 11.3. The standard InChI is InChI=1S/C14H14N4O3/c1-21-12-6-5-11(8-16-12)17-13(19)9-3-2-4-10(7-9)18-14(15)20/h2-8H,1H3,(H,17,19)(H3,15,18,20). The molecule has 0 aliphatic heterocycles. The van der Waals surface area contributed by atoms with E-state index in [0.717, 1.165) is 0 Å². The second-order valence-corrected chi connectivity index (χ2v) is 4.11. The molecule has 0 radical (unpaired) electrons. The molecule has 108 valence electrons. The zero-order valence-electron chi connectivity index (χ0n) is 11.3. The number of benzene rings is 1. The summed E-state index contributed by atoms with van der Waals surface area (Å²) >= 11 is 0. The van der Waals surface area contributed by atoms with Gasteiger partial charge in [-0.05, 0) is 24.3 Å². The predicted octanol–water partition coefficient (Wildman–Crippen LogP) is 1.83. The number of ether oxygens (including phenoxy) is 1. The van der Waals surface area contributed by atoms with E-state index in [0.29, 0.717) is 22.8 Å². The molecule has 4 N–H and O–H groups in total. The Balaban J connectivity index is 2.10. The lowest BCUT2D eigenvalue weighted by Gasteiger charge is -2.07. The summed E-state index contributed by atoms with van der Waals surface area (Å²) in [5.41, 5.74) is 6.40. The number of carbonyl (C=O) groups is 2. The summed E-state index contributed by atoms with van der Waals surface area (Å²) in [6, 6.07) is 9.06. The van der Waals surface area contributed by atoms with Gasteiger partial charge in [0, 0.05) is 17.3 Å². The maximum atomic E-state index is 12.1. The molecule has 0 unspecified atom stereocenters. The highest BCUT2D eigenvalue weighted by Crippen LogP contribution is 2.14. The molecule has 0 aliphatic carbocycles. The summed E-state index contributed by atoms with van der Waals surface area (Å²) in [7, 11) is 1.51. The van der Waals surface area contributed by atoms with Crippen LogP contribution < -0.4 is 21.1 Å². The fourth-order valence-corrected chi connectivity index (χ4v) is 1.66. The molecule has 0 saturated heterocycles. The number of carbonyl (C=O) groups excluding carboxylic acids is 2.